The van der Waals surface area contributed by atoms with Crippen LogP contribution in [-0.4, -0.2) is 39.5 Å². The van der Waals surface area contributed by atoms with Crippen molar-refractivity contribution in [3.8, 4) is 10.8 Å². The van der Waals surface area contributed by atoms with Gasteiger partial charge in [-0.3, -0.25) is 0 Å². The summed E-state index contributed by atoms with van der Waals surface area (Å²) >= 11 is 1.52. The van der Waals surface area contributed by atoms with Crippen molar-refractivity contribution >= 4 is 23.3 Å². The van der Waals surface area contributed by atoms with Gasteiger partial charge in [-0.2, -0.15) is 0 Å². The second-order valence-electron chi connectivity index (χ2n) is 6.12. The molecular weight excluding hydrogens is 346 g/mol. The van der Waals surface area contributed by atoms with E-state index in [0.717, 1.165) is 29.0 Å². The molecule has 132 valence electrons. The molecule has 4 rings (SSSR count). The van der Waals surface area contributed by atoms with E-state index in [9.17, 15) is 9.59 Å². The lowest BCUT2D eigenvalue weighted by Crippen LogP contribution is -2.49. The summed E-state index contributed by atoms with van der Waals surface area (Å²) in [5, 5.41) is 7.86. The van der Waals surface area contributed by atoms with Gasteiger partial charge in [-0.1, -0.05) is 6.42 Å². The molecule has 25 heavy (non-hydrogen) atoms. The van der Waals surface area contributed by atoms with Gasteiger partial charge in [-0.15, -0.1) is 21.5 Å². The second-order valence-corrected chi connectivity index (χ2v) is 7.28. The number of ether oxygens (including phenoxy) is 2. The number of aryl methyl sites for hydroxylation is 1. The molecule has 0 atom stereocenters. The highest BCUT2D eigenvalue weighted by Gasteiger charge is 2.53. The Morgan fingerprint density at radius 2 is 1.96 bits per heavy atom. The van der Waals surface area contributed by atoms with Gasteiger partial charge in [-0.25, -0.2) is 14.5 Å². The molecule has 0 N–H and O–H groups in total. The van der Waals surface area contributed by atoms with Gasteiger partial charge in [0.15, 0.2) is 0 Å². The first-order valence-electron chi connectivity index (χ1n) is 8.16. The van der Waals surface area contributed by atoms with Gasteiger partial charge in [-0.05, 0) is 25.0 Å². The summed E-state index contributed by atoms with van der Waals surface area (Å²) in [5.74, 6) is -2.10. The van der Waals surface area contributed by atoms with E-state index >= 15 is 0 Å². The van der Waals surface area contributed by atoms with E-state index in [1.54, 1.807) is 6.92 Å². The van der Waals surface area contributed by atoms with Crippen LogP contribution < -0.4 is 0 Å². The highest BCUT2D eigenvalue weighted by Crippen LogP contribution is 2.37. The molecular formula is C16H17N3O5S. The van der Waals surface area contributed by atoms with Crippen molar-refractivity contribution in [2.24, 2.45) is 0 Å². The van der Waals surface area contributed by atoms with E-state index in [1.165, 1.54) is 11.3 Å². The third-order valence-corrected chi connectivity index (χ3v) is 5.38. The summed E-state index contributed by atoms with van der Waals surface area (Å²) in [6, 6.07) is 3.89. The molecule has 1 spiro atoms. The number of carbonyl (C=O) groups excluding carboxylic acids is 2. The van der Waals surface area contributed by atoms with Gasteiger partial charge < -0.3 is 13.9 Å². The maximum absolute atomic E-state index is 11.6. The van der Waals surface area contributed by atoms with Crippen LogP contribution in [0.15, 0.2) is 16.5 Å². The van der Waals surface area contributed by atoms with Crippen molar-refractivity contribution in [3.05, 3.63) is 22.9 Å². The summed E-state index contributed by atoms with van der Waals surface area (Å²) in [6.45, 7) is 2.95. The number of hydrogen-bond donors (Lipinski definition) is 0. The summed E-state index contributed by atoms with van der Waals surface area (Å²) in [7, 11) is 0. The monoisotopic (exact) mass is 363 g/mol. The van der Waals surface area contributed by atoms with Gasteiger partial charge in [0.1, 0.15) is 0 Å². The highest BCUT2D eigenvalue weighted by molar-refractivity contribution is 7.15. The molecule has 0 bridgehead atoms. The van der Waals surface area contributed by atoms with Crippen LogP contribution >= 0.6 is 11.3 Å². The lowest BCUT2D eigenvalue weighted by atomic mass is 10.2. The van der Waals surface area contributed by atoms with Crippen molar-refractivity contribution in [2.75, 3.05) is 6.54 Å². The fraction of sp³-hybridized carbons (Fsp3) is 0.500. The summed E-state index contributed by atoms with van der Waals surface area (Å²) < 4.78 is 16.1. The standard InChI is InChI=1S/C16H17N3O5S/c1-10-17-18-13(22-10)12-6-5-11(25-12)9-19-8-4-2-3-7-16(19)23-14(20)15(21)24-16/h5-6H,2-4,7-9H2,1H3. The predicted octanol–water partition coefficient (Wildman–Crippen LogP) is 2.24. The smallest absolute Gasteiger partial charge is 0.420 e. The first kappa shape index (κ1) is 16.2. The van der Waals surface area contributed by atoms with Gasteiger partial charge in [0, 0.05) is 31.3 Å². The van der Waals surface area contributed by atoms with E-state index < -0.39 is 17.8 Å². The van der Waals surface area contributed by atoms with E-state index in [-0.39, 0.29) is 0 Å². The van der Waals surface area contributed by atoms with Gasteiger partial charge >= 0.3 is 17.8 Å². The van der Waals surface area contributed by atoms with E-state index in [2.05, 4.69) is 10.2 Å². The maximum Gasteiger partial charge on any atom is 0.421 e. The van der Waals surface area contributed by atoms with Crippen molar-refractivity contribution in [2.45, 2.75) is 45.1 Å². The minimum Gasteiger partial charge on any atom is -0.420 e. The highest BCUT2D eigenvalue weighted by atomic mass is 32.1. The number of esters is 2. The summed E-state index contributed by atoms with van der Waals surface area (Å²) in [6.07, 6.45) is 3.29. The molecule has 2 fully saturated rings. The van der Waals surface area contributed by atoms with Crippen LogP contribution in [0.3, 0.4) is 0 Å². The Labute approximate surface area is 147 Å². The molecule has 0 aliphatic carbocycles. The zero-order valence-corrected chi connectivity index (χ0v) is 14.5. The van der Waals surface area contributed by atoms with Crippen LogP contribution in [0.1, 0.15) is 36.5 Å². The first-order chi connectivity index (χ1) is 12.1. The van der Waals surface area contributed by atoms with Crippen LogP contribution in [0, 0.1) is 6.92 Å². The molecule has 2 aliphatic rings. The molecule has 2 aromatic heterocycles. The minimum absolute atomic E-state index is 0.484. The molecule has 0 saturated carbocycles. The van der Waals surface area contributed by atoms with Crippen LogP contribution in [0.25, 0.3) is 10.8 Å². The average Bonchev–Trinajstić information content (AvgIpc) is 3.24. The van der Waals surface area contributed by atoms with Crippen molar-refractivity contribution in [3.63, 3.8) is 0 Å². The van der Waals surface area contributed by atoms with E-state index in [0.29, 0.717) is 31.3 Å². The molecule has 0 aromatic carbocycles. The van der Waals surface area contributed by atoms with Crippen molar-refractivity contribution < 1.29 is 23.5 Å². The molecule has 4 heterocycles. The Morgan fingerprint density at radius 1 is 1.16 bits per heavy atom. The van der Waals surface area contributed by atoms with Crippen LogP contribution in [0.2, 0.25) is 0 Å². The number of rotatable bonds is 3. The molecule has 0 amide bonds. The third-order valence-electron chi connectivity index (χ3n) is 4.32. The fourth-order valence-electron chi connectivity index (χ4n) is 3.14. The number of nitrogens with zero attached hydrogens (tertiary/aromatic N) is 3. The third kappa shape index (κ3) is 3.05. The lowest BCUT2D eigenvalue weighted by Gasteiger charge is -2.35. The second kappa shape index (κ2) is 6.23. The normalized spacial score (nSPS) is 20.5. The largest absolute Gasteiger partial charge is 0.421 e. The Kier molecular flexibility index (Phi) is 4.04. The summed E-state index contributed by atoms with van der Waals surface area (Å²) in [4.78, 5) is 27.0. The molecule has 0 unspecified atom stereocenters. The molecule has 8 nitrogen and oxygen atoms in total. The SMILES string of the molecule is Cc1nnc(-c2ccc(CN3CCCCCC34OC(=O)C(=O)O4)s2)o1. The molecule has 2 aromatic rings. The van der Waals surface area contributed by atoms with Crippen LogP contribution in [0.4, 0.5) is 0 Å². The van der Waals surface area contributed by atoms with Crippen LogP contribution in [-0.2, 0) is 25.6 Å². The Morgan fingerprint density at radius 3 is 2.68 bits per heavy atom. The van der Waals surface area contributed by atoms with Crippen LogP contribution in [0.5, 0.6) is 0 Å². The minimum atomic E-state index is -1.27. The van der Waals surface area contributed by atoms with Gasteiger partial charge in [0.05, 0.1) is 4.88 Å². The number of carbonyl (C=O) groups is 2. The predicted molar refractivity (Wildman–Crippen MR) is 86.1 cm³/mol. The molecule has 0 radical (unpaired) electrons. The van der Waals surface area contributed by atoms with E-state index in [4.69, 9.17) is 13.9 Å². The van der Waals surface area contributed by atoms with Gasteiger partial charge in [0.2, 0.25) is 5.89 Å². The lowest BCUT2D eigenvalue weighted by molar-refractivity contribution is -0.254. The number of hydrogen-bond acceptors (Lipinski definition) is 9. The topological polar surface area (TPSA) is 94.8 Å². The zero-order valence-electron chi connectivity index (χ0n) is 13.7. The zero-order chi connectivity index (χ0) is 17.4. The Balaban J connectivity index is 1.56. The fourth-order valence-corrected chi connectivity index (χ4v) is 4.09. The van der Waals surface area contributed by atoms with E-state index in [1.807, 2.05) is 17.0 Å². The van der Waals surface area contributed by atoms with Crippen molar-refractivity contribution in [1.29, 1.82) is 0 Å². The Bertz CT molecular complexity index is 798. The number of likely N-dealkylation sites (tertiary alicyclic amines) is 1. The number of thiophene rings is 1. The maximum atomic E-state index is 11.6. The summed E-state index contributed by atoms with van der Waals surface area (Å²) in [5.41, 5.74) is 0. The number of aromatic nitrogens is 2. The molecule has 9 heteroatoms. The van der Waals surface area contributed by atoms with Gasteiger partial charge in [0.25, 0.3) is 5.89 Å². The average molecular weight is 363 g/mol. The molecule has 2 saturated heterocycles. The van der Waals surface area contributed by atoms with Crippen molar-refractivity contribution in [1.82, 2.24) is 15.1 Å². The quantitative estimate of drug-likeness (QED) is 0.605. The first-order valence-corrected chi connectivity index (χ1v) is 8.98. The Hall–Kier alpha value is -2.26. The molecule has 2 aliphatic heterocycles.